The lowest BCUT2D eigenvalue weighted by Gasteiger charge is -2.18. The number of esters is 3. The maximum absolute atomic E-state index is 12.9. The third-order valence-electron chi connectivity index (χ3n) is 12.5. The molecule has 0 aromatic rings. The summed E-state index contributed by atoms with van der Waals surface area (Å²) in [6.45, 7) is 6.37. The highest BCUT2D eigenvalue weighted by atomic mass is 16.6. The molecule has 0 rings (SSSR count). The van der Waals surface area contributed by atoms with Gasteiger partial charge in [0.15, 0.2) is 6.10 Å². The van der Waals surface area contributed by atoms with Crippen LogP contribution in [-0.4, -0.2) is 37.2 Å². The maximum Gasteiger partial charge on any atom is 0.306 e. The lowest BCUT2D eigenvalue weighted by Crippen LogP contribution is -2.30. The van der Waals surface area contributed by atoms with E-state index in [1.54, 1.807) is 0 Å². The standard InChI is InChI=1S/C66H110O6/c1-4-7-10-13-16-19-22-25-28-31-33-35-38-41-44-47-50-53-56-59-65(68)71-62-63(61-70-64(67)58-55-52-49-46-43-40-37-30-27-24-21-18-15-12-9-6-3)72-66(69)60-57-54-51-48-45-42-39-36-34-32-29-26-23-20-17-14-11-8-5-2/h7-8,10-11,16-17,19-20,25-26,28-29,33,35,41,44,50,53,63H,4-6,9,12-15,18,21-24,27,30-32,34,36-40,42-43,45-49,51-52,54-62H2,1-3H3/b10-7-,11-8-,19-16-,20-17-,28-25-,29-26-,35-33-,44-41-,53-50-. The van der Waals surface area contributed by atoms with E-state index in [9.17, 15) is 14.4 Å². The van der Waals surface area contributed by atoms with Crippen molar-refractivity contribution < 1.29 is 28.6 Å². The highest BCUT2D eigenvalue weighted by Crippen LogP contribution is 2.16. The molecule has 72 heavy (non-hydrogen) atoms. The molecule has 0 spiro atoms. The fourth-order valence-corrected chi connectivity index (χ4v) is 8.13. The molecule has 6 heteroatoms. The zero-order chi connectivity index (χ0) is 52.2. The highest BCUT2D eigenvalue weighted by molar-refractivity contribution is 5.71. The van der Waals surface area contributed by atoms with Crippen LogP contribution in [0, 0.1) is 0 Å². The summed E-state index contributed by atoms with van der Waals surface area (Å²) < 4.78 is 16.8. The van der Waals surface area contributed by atoms with Crippen molar-refractivity contribution in [2.24, 2.45) is 0 Å². The molecule has 1 atom stereocenters. The number of hydrogen-bond acceptors (Lipinski definition) is 6. The van der Waals surface area contributed by atoms with Crippen LogP contribution in [0.15, 0.2) is 109 Å². The second kappa shape index (κ2) is 59.6. The zero-order valence-corrected chi connectivity index (χ0v) is 46.9. The summed E-state index contributed by atoms with van der Waals surface area (Å²) in [7, 11) is 0. The van der Waals surface area contributed by atoms with E-state index in [4.69, 9.17) is 14.2 Å². The summed E-state index contributed by atoms with van der Waals surface area (Å²) in [5, 5.41) is 0. The Morgan fingerprint density at radius 1 is 0.292 bits per heavy atom. The van der Waals surface area contributed by atoms with E-state index in [-0.39, 0.29) is 37.5 Å². The van der Waals surface area contributed by atoms with Crippen LogP contribution >= 0.6 is 0 Å². The monoisotopic (exact) mass is 999 g/mol. The van der Waals surface area contributed by atoms with Gasteiger partial charge in [0.1, 0.15) is 13.2 Å². The van der Waals surface area contributed by atoms with Crippen LogP contribution in [0.5, 0.6) is 0 Å². The van der Waals surface area contributed by atoms with Crippen molar-refractivity contribution >= 4 is 17.9 Å². The Balaban J connectivity index is 4.49. The number of ether oxygens (including phenoxy) is 3. The second-order valence-electron chi connectivity index (χ2n) is 19.5. The normalized spacial score (nSPS) is 12.9. The van der Waals surface area contributed by atoms with Gasteiger partial charge in [0.05, 0.1) is 0 Å². The Labute approximate surface area is 444 Å². The van der Waals surface area contributed by atoms with Crippen molar-refractivity contribution in [1.82, 2.24) is 0 Å². The molecule has 6 nitrogen and oxygen atoms in total. The average molecular weight is 1000 g/mol. The molecule has 410 valence electrons. The Morgan fingerprint density at radius 2 is 0.569 bits per heavy atom. The lowest BCUT2D eigenvalue weighted by molar-refractivity contribution is -0.166. The van der Waals surface area contributed by atoms with Gasteiger partial charge in [0, 0.05) is 19.3 Å². The zero-order valence-electron chi connectivity index (χ0n) is 46.9. The van der Waals surface area contributed by atoms with Gasteiger partial charge in [-0.1, -0.05) is 271 Å². The predicted octanol–water partition coefficient (Wildman–Crippen LogP) is 20.3. The number of carbonyl (C=O) groups excluding carboxylic acids is 3. The van der Waals surface area contributed by atoms with Gasteiger partial charge in [0.25, 0.3) is 0 Å². The molecule has 0 heterocycles. The minimum Gasteiger partial charge on any atom is -0.462 e. The smallest absolute Gasteiger partial charge is 0.306 e. The SMILES string of the molecule is CC/C=C\C/C=C\C/C=C\C/C=C\C/C=C\C/C=C\CCC(=O)OCC(COC(=O)CCCCCCCCCCCCCCCCCC)OC(=O)CCCCCCCCCCC/C=C\C/C=C\C/C=C\CC. The minimum atomic E-state index is -0.813. The van der Waals surface area contributed by atoms with Crippen molar-refractivity contribution in [3.05, 3.63) is 109 Å². The summed E-state index contributed by atoms with van der Waals surface area (Å²) in [6.07, 6.45) is 80.9. The molecule has 0 amide bonds. The van der Waals surface area contributed by atoms with Crippen LogP contribution in [0.25, 0.3) is 0 Å². The van der Waals surface area contributed by atoms with E-state index < -0.39 is 6.10 Å². The first-order chi connectivity index (χ1) is 35.5. The average Bonchev–Trinajstić information content (AvgIpc) is 3.38. The van der Waals surface area contributed by atoms with Crippen LogP contribution in [0.1, 0.15) is 271 Å². The van der Waals surface area contributed by atoms with E-state index >= 15 is 0 Å². The Morgan fingerprint density at radius 3 is 0.931 bits per heavy atom. The fourth-order valence-electron chi connectivity index (χ4n) is 8.13. The van der Waals surface area contributed by atoms with Crippen LogP contribution < -0.4 is 0 Å². The van der Waals surface area contributed by atoms with E-state index in [2.05, 4.69) is 124 Å². The molecule has 0 aromatic carbocycles. The molecule has 0 aliphatic heterocycles. The predicted molar refractivity (Wildman–Crippen MR) is 311 cm³/mol. The largest absolute Gasteiger partial charge is 0.462 e. The Hall–Kier alpha value is -3.93. The fraction of sp³-hybridized carbons (Fsp3) is 0.682. The van der Waals surface area contributed by atoms with Crippen molar-refractivity contribution in [2.75, 3.05) is 13.2 Å². The van der Waals surface area contributed by atoms with Gasteiger partial charge in [0.2, 0.25) is 0 Å². The molecule has 0 aliphatic rings. The first-order valence-corrected chi connectivity index (χ1v) is 29.9. The molecular weight excluding hydrogens is 889 g/mol. The van der Waals surface area contributed by atoms with Gasteiger partial charge < -0.3 is 14.2 Å². The lowest BCUT2D eigenvalue weighted by atomic mass is 10.0. The van der Waals surface area contributed by atoms with Gasteiger partial charge in [-0.05, 0) is 89.9 Å². The summed E-state index contributed by atoms with van der Waals surface area (Å²) >= 11 is 0. The molecule has 0 aliphatic carbocycles. The second-order valence-corrected chi connectivity index (χ2v) is 19.5. The number of carbonyl (C=O) groups is 3. The molecule has 0 fully saturated rings. The van der Waals surface area contributed by atoms with Crippen molar-refractivity contribution in [2.45, 2.75) is 277 Å². The summed E-state index contributed by atoms with van der Waals surface area (Å²) in [6, 6.07) is 0. The van der Waals surface area contributed by atoms with E-state index in [1.165, 1.54) is 122 Å². The number of hydrogen-bond donors (Lipinski definition) is 0. The third-order valence-corrected chi connectivity index (χ3v) is 12.5. The van der Waals surface area contributed by atoms with Crippen LogP contribution in [0.2, 0.25) is 0 Å². The first kappa shape index (κ1) is 68.1. The van der Waals surface area contributed by atoms with Crippen molar-refractivity contribution in [3.8, 4) is 0 Å². The van der Waals surface area contributed by atoms with Crippen molar-refractivity contribution in [1.29, 1.82) is 0 Å². The van der Waals surface area contributed by atoms with Gasteiger partial charge in [-0.15, -0.1) is 0 Å². The van der Waals surface area contributed by atoms with E-state index in [0.29, 0.717) is 19.3 Å². The molecule has 0 N–H and O–H groups in total. The third kappa shape index (κ3) is 57.0. The maximum atomic E-state index is 12.9. The molecule has 0 aromatic heterocycles. The van der Waals surface area contributed by atoms with Crippen molar-refractivity contribution in [3.63, 3.8) is 0 Å². The Kier molecular flexibility index (Phi) is 56.4. The van der Waals surface area contributed by atoms with Crippen LogP contribution in [-0.2, 0) is 28.6 Å². The first-order valence-electron chi connectivity index (χ1n) is 29.9. The Bertz CT molecular complexity index is 1470. The van der Waals surface area contributed by atoms with Gasteiger partial charge in [-0.2, -0.15) is 0 Å². The molecule has 1 unspecified atom stereocenters. The summed E-state index contributed by atoms with van der Waals surface area (Å²) in [5.41, 5.74) is 0. The van der Waals surface area contributed by atoms with E-state index in [0.717, 1.165) is 103 Å². The molecule has 0 bridgehead atoms. The van der Waals surface area contributed by atoms with Gasteiger partial charge in [-0.25, -0.2) is 0 Å². The highest BCUT2D eigenvalue weighted by Gasteiger charge is 2.19. The van der Waals surface area contributed by atoms with Gasteiger partial charge in [-0.3, -0.25) is 14.4 Å². The quantitative estimate of drug-likeness (QED) is 0.0261. The number of rotatable bonds is 53. The topological polar surface area (TPSA) is 78.9 Å². The minimum absolute atomic E-state index is 0.102. The number of unbranched alkanes of at least 4 members (excludes halogenated alkanes) is 24. The van der Waals surface area contributed by atoms with E-state index in [1.807, 2.05) is 6.08 Å². The molecule has 0 saturated heterocycles. The molecule has 0 radical (unpaired) electrons. The summed E-state index contributed by atoms with van der Waals surface area (Å²) in [4.78, 5) is 38.2. The summed E-state index contributed by atoms with van der Waals surface area (Å²) in [5.74, 6) is -0.990. The van der Waals surface area contributed by atoms with Crippen LogP contribution in [0.3, 0.4) is 0 Å². The molecular formula is C66H110O6. The van der Waals surface area contributed by atoms with Gasteiger partial charge >= 0.3 is 17.9 Å². The number of allylic oxidation sites excluding steroid dienone is 18. The van der Waals surface area contributed by atoms with Crippen LogP contribution in [0.4, 0.5) is 0 Å². The molecule has 0 saturated carbocycles.